The molecule has 5 heteroatoms. The predicted octanol–water partition coefficient (Wildman–Crippen LogP) is 0.949. The van der Waals surface area contributed by atoms with Crippen molar-refractivity contribution in [3.8, 4) is 0 Å². The van der Waals surface area contributed by atoms with Crippen molar-refractivity contribution in [2.24, 2.45) is 17.6 Å². The van der Waals surface area contributed by atoms with Gasteiger partial charge in [0.05, 0.1) is 5.92 Å². The summed E-state index contributed by atoms with van der Waals surface area (Å²) in [6.07, 6.45) is 0.934. The fourth-order valence-electron chi connectivity index (χ4n) is 1.61. The number of rotatable bonds is 1. The first-order valence-electron chi connectivity index (χ1n) is 4.14. The fourth-order valence-corrected chi connectivity index (χ4v) is 1.61. The summed E-state index contributed by atoms with van der Waals surface area (Å²) < 4.78 is 0. The molecule has 0 saturated carbocycles. The zero-order chi connectivity index (χ0) is 8.43. The van der Waals surface area contributed by atoms with E-state index in [4.69, 9.17) is 5.73 Å². The Morgan fingerprint density at radius 2 is 1.92 bits per heavy atom. The lowest BCUT2D eigenvalue weighted by molar-refractivity contribution is -0.123. The number of hydrogen-bond acceptors (Lipinski definition) is 2. The van der Waals surface area contributed by atoms with Crippen molar-refractivity contribution >= 4 is 30.7 Å². The highest BCUT2D eigenvalue weighted by Crippen LogP contribution is 2.19. The Morgan fingerprint density at radius 3 is 2.31 bits per heavy atom. The van der Waals surface area contributed by atoms with Gasteiger partial charge in [-0.1, -0.05) is 6.92 Å². The maximum absolute atomic E-state index is 10.9. The minimum absolute atomic E-state index is 0. The van der Waals surface area contributed by atoms with Crippen molar-refractivity contribution in [3.05, 3.63) is 0 Å². The highest BCUT2D eigenvalue weighted by Gasteiger charge is 2.28. The molecule has 0 aliphatic carbocycles. The lowest BCUT2D eigenvalue weighted by atomic mass is 9.86. The van der Waals surface area contributed by atoms with Crippen LogP contribution >= 0.6 is 24.8 Å². The molecule has 0 spiro atoms. The Labute approximate surface area is 91.6 Å². The van der Waals surface area contributed by atoms with Gasteiger partial charge in [0.15, 0.2) is 0 Å². The molecule has 3 N–H and O–H groups in total. The third kappa shape index (κ3) is 4.16. The number of hydrogen-bond donors (Lipinski definition) is 2. The molecule has 3 unspecified atom stereocenters. The average Bonchev–Trinajstić information content (AvgIpc) is 1.94. The molecule has 3 atom stereocenters. The first kappa shape index (κ1) is 15.5. The van der Waals surface area contributed by atoms with Crippen LogP contribution in [0.3, 0.4) is 0 Å². The number of piperidine rings is 1. The van der Waals surface area contributed by atoms with E-state index in [2.05, 4.69) is 12.2 Å². The van der Waals surface area contributed by atoms with E-state index in [-0.39, 0.29) is 42.7 Å². The van der Waals surface area contributed by atoms with Crippen LogP contribution in [0.25, 0.3) is 0 Å². The van der Waals surface area contributed by atoms with Gasteiger partial charge in [-0.2, -0.15) is 0 Å². The second kappa shape index (κ2) is 6.46. The van der Waals surface area contributed by atoms with Gasteiger partial charge in [-0.25, -0.2) is 0 Å². The zero-order valence-electron chi connectivity index (χ0n) is 7.95. The number of amides is 1. The molecule has 1 saturated heterocycles. The summed E-state index contributed by atoms with van der Waals surface area (Å²) in [6, 6.07) is 0.253. The van der Waals surface area contributed by atoms with Gasteiger partial charge in [-0.15, -0.1) is 24.8 Å². The van der Waals surface area contributed by atoms with Gasteiger partial charge in [0.1, 0.15) is 0 Å². The Hall–Kier alpha value is 0.01000. The number of carbonyl (C=O) groups is 1. The second-order valence-electron chi connectivity index (χ2n) is 3.55. The van der Waals surface area contributed by atoms with Crippen molar-refractivity contribution in [1.82, 2.24) is 5.32 Å². The first-order chi connectivity index (χ1) is 5.11. The van der Waals surface area contributed by atoms with Crippen molar-refractivity contribution in [2.75, 3.05) is 6.54 Å². The first-order valence-corrected chi connectivity index (χ1v) is 4.14. The topological polar surface area (TPSA) is 55.1 Å². The molecule has 3 nitrogen and oxygen atoms in total. The van der Waals surface area contributed by atoms with E-state index in [1.165, 1.54) is 0 Å². The van der Waals surface area contributed by atoms with E-state index in [9.17, 15) is 4.79 Å². The van der Waals surface area contributed by atoms with Crippen LogP contribution in [0.4, 0.5) is 0 Å². The van der Waals surface area contributed by atoms with Crippen LogP contribution in [0, 0.1) is 11.8 Å². The molecule has 0 aromatic carbocycles. The van der Waals surface area contributed by atoms with Crippen LogP contribution < -0.4 is 11.1 Å². The quantitative estimate of drug-likeness (QED) is 0.703. The van der Waals surface area contributed by atoms with Gasteiger partial charge < -0.3 is 11.1 Å². The van der Waals surface area contributed by atoms with Crippen LogP contribution in [-0.2, 0) is 4.79 Å². The molecule has 1 aliphatic rings. The molecule has 1 amide bonds. The second-order valence-corrected chi connectivity index (χ2v) is 3.55. The molecule has 1 aliphatic heterocycles. The number of primary amides is 1. The van der Waals surface area contributed by atoms with Crippen LogP contribution in [0.5, 0.6) is 0 Å². The minimum Gasteiger partial charge on any atom is -0.369 e. The van der Waals surface area contributed by atoms with Crippen molar-refractivity contribution in [3.63, 3.8) is 0 Å². The van der Waals surface area contributed by atoms with E-state index in [0.717, 1.165) is 13.0 Å². The average molecular weight is 229 g/mol. The Balaban J connectivity index is 0. The summed E-state index contributed by atoms with van der Waals surface area (Å²) in [7, 11) is 0. The summed E-state index contributed by atoms with van der Waals surface area (Å²) in [5.74, 6) is 0.430. The van der Waals surface area contributed by atoms with Crippen LogP contribution in [0.15, 0.2) is 0 Å². The summed E-state index contributed by atoms with van der Waals surface area (Å²) in [4.78, 5) is 10.9. The number of nitrogens with two attached hydrogens (primary N) is 1. The fraction of sp³-hybridized carbons (Fsp3) is 0.875. The maximum Gasteiger partial charge on any atom is 0.222 e. The van der Waals surface area contributed by atoms with Crippen LogP contribution in [0.2, 0.25) is 0 Å². The van der Waals surface area contributed by atoms with E-state index in [1.54, 1.807) is 0 Å². The number of nitrogens with one attached hydrogen (secondary N) is 1. The lowest BCUT2D eigenvalue weighted by Gasteiger charge is -2.31. The predicted molar refractivity (Wildman–Crippen MR) is 58.4 cm³/mol. The Bertz CT molecular complexity index is 166. The Morgan fingerprint density at radius 1 is 1.38 bits per heavy atom. The highest BCUT2D eigenvalue weighted by atomic mass is 35.5. The molecule has 80 valence electrons. The van der Waals surface area contributed by atoms with Crippen LogP contribution in [-0.4, -0.2) is 18.5 Å². The van der Waals surface area contributed by atoms with E-state index >= 15 is 0 Å². The SMILES string of the molecule is CC1CNC(C)C(C(N)=O)C1.Cl.Cl. The summed E-state index contributed by atoms with van der Waals surface area (Å²) >= 11 is 0. The smallest absolute Gasteiger partial charge is 0.222 e. The molecule has 0 aromatic rings. The standard InChI is InChI=1S/C8H16N2O.2ClH/c1-5-3-7(8(9)11)6(2)10-4-5;;/h5-7,10H,3-4H2,1-2H3,(H2,9,11);2*1H. The van der Waals surface area contributed by atoms with Gasteiger partial charge in [-0.05, 0) is 25.8 Å². The van der Waals surface area contributed by atoms with E-state index < -0.39 is 0 Å². The third-order valence-electron chi connectivity index (χ3n) is 2.41. The maximum atomic E-state index is 10.9. The molecular formula is C8H18Cl2N2O. The molecule has 13 heavy (non-hydrogen) atoms. The monoisotopic (exact) mass is 228 g/mol. The molecular weight excluding hydrogens is 211 g/mol. The number of halogens is 2. The normalized spacial score (nSPS) is 32.6. The summed E-state index contributed by atoms with van der Waals surface area (Å²) in [5.41, 5.74) is 5.24. The largest absolute Gasteiger partial charge is 0.369 e. The number of carbonyl (C=O) groups excluding carboxylic acids is 1. The van der Waals surface area contributed by atoms with E-state index in [1.807, 2.05) is 6.92 Å². The van der Waals surface area contributed by atoms with Crippen molar-refractivity contribution in [1.29, 1.82) is 0 Å². The lowest BCUT2D eigenvalue weighted by Crippen LogP contribution is -2.47. The van der Waals surface area contributed by atoms with Gasteiger partial charge in [0, 0.05) is 6.04 Å². The summed E-state index contributed by atoms with van der Waals surface area (Å²) in [5, 5.41) is 3.26. The van der Waals surface area contributed by atoms with Gasteiger partial charge >= 0.3 is 0 Å². The van der Waals surface area contributed by atoms with Gasteiger partial charge in [-0.3, -0.25) is 4.79 Å². The molecule has 1 rings (SSSR count). The minimum atomic E-state index is -0.170. The molecule has 0 radical (unpaired) electrons. The molecule has 1 heterocycles. The van der Waals surface area contributed by atoms with Crippen molar-refractivity contribution < 1.29 is 4.79 Å². The van der Waals surface area contributed by atoms with Gasteiger partial charge in [0.2, 0.25) is 5.91 Å². The highest BCUT2D eigenvalue weighted by molar-refractivity contribution is 5.85. The zero-order valence-corrected chi connectivity index (χ0v) is 9.58. The summed E-state index contributed by atoms with van der Waals surface area (Å²) in [6.45, 7) is 5.15. The van der Waals surface area contributed by atoms with Crippen LogP contribution in [0.1, 0.15) is 20.3 Å². The Kier molecular flexibility index (Phi) is 7.69. The van der Waals surface area contributed by atoms with Crippen molar-refractivity contribution in [2.45, 2.75) is 26.3 Å². The molecule has 0 bridgehead atoms. The van der Waals surface area contributed by atoms with E-state index in [0.29, 0.717) is 5.92 Å². The van der Waals surface area contributed by atoms with Gasteiger partial charge in [0.25, 0.3) is 0 Å². The molecule has 0 aromatic heterocycles. The third-order valence-corrected chi connectivity index (χ3v) is 2.41. The molecule has 1 fully saturated rings.